The molecule has 0 aromatic carbocycles. The van der Waals surface area contributed by atoms with Gasteiger partial charge in [-0.15, -0.1) is 12.4 Å². The molecule has 118 valence electrons. The van der Waals surface area contributed by atoms with E-state index in [1.54, 1.807) is 0 Å². The molecular formula is C18H34ClN. The van der Waals surface area contributed by atoms with E-state index in [0.29, 0.717) is 10.8 Å². The molecule has 1 nitrogen and oxygen atoms in total. The molecule has 0 aromatic rings. The van der Waals surface area contributed by atoms with Crippen LogP contribution >= 0.6 is 12.4 Å². The number of rotatable bonds is 3. The van der Waals surface area contributed by atoms with Crippen molar-refractivity contribution in [3.63, 3.8) is 0 Å². The fraction of sp³-hybridized carbons (Fsp3) is 1.00. The Morgan fingerprint density at radius 2 is 1.75 bits per heavy atom. The maximum atomic E-state index is 2.66. The van der Waals surface area contributed by atoms with Gasteiger partial charge in [-0.05, 0) is 87.2 Å². The van der Waals surface area contributed by atoms with Crippen molar-refractivity contribution in [1.29, 1.82) is 0 Å². The summed E-state index contributed by atoms with van der Waals surface area (Å²) < 4.78 is 0. The Hall–Kier alpha value is 0.250. The van der Waals surface area contributed by atoms with Crippen molar-refractivity contribution < 1.29 is 0 Å². The van der Waals surface area contributed by atoms with Crippen LogP contribution in [0.3, 0.4) is 0 Å². The van der Waals surface area contributed by atoms with E-state index in [-0.39, 0.29) is 12.4 Å². The molecule has 0 spiro atoms. The minimum atomic E-state index is 0. The molecule has 0 saturated heterocycles. The highest BCUT2D eigenvalue weighted by atomic mass is 35.5. The molecule has 3 aliphatic rings. The maximum absolute atomic E-state index is 2.66. The highest BCUT2D eigenvalue weighted by Gasteiger charge is 2.64. The minimum Gasteiger partial charge on any atom is -0.309 e. The van der Waals surface area contributed by atoms with Crippen LogP contribution in [0, 0.1) is 34.5 Å². The first kappa shape index (κ1) is 16.6. The number of hydrogen-bond donors (Lipinski definition) is 0. The van der Waals surface area contributed by atoms with E-state index >= 15 is 0 Å². The van der Waals surface area contributed by atoms with E-state index in [9.17, 15) is 0 Å². The van der Waals surface area contributed by atoms with Crippen LogP contribution in [0.15, 0.2) is 0 Å². The second-order valence-corrected chi connectivity index (χ2v) is 8.92. The summed E-state index contributed by atoms with van der Waals surface area (Å²) in [6.45, 7) is 9.09. The third-order valence-corrected chi connectivity index (χ3v) is 7.24. The largest absolute Gasteiger partial charge is 0.309 e. The fourth-order valence-electron chi connectivity index (χ4n) is 6.51. The summed E-state index contributed by atoms with van der Waals surface area (Å²) in [5.41, 5.74) is 1.29. The van der Waals surface area contributed by atoms with Crippen LogP contribution < -0.4 is 0 Å². The summed E-state index contributed by atoms with van der Waals surface area (Å²) >= 11 is 0. The molecule has 5 atom stereocenters. The predicted octanol–water partition coefficient (Wildman–Crippen LogP) is 4.85. The molecule has 3 rings (SSSR count). The van der Waals surface area contributed by atoms with Crippen LogP contribution in [0.5, 0.6) is 0 Å². The standard InChI is InChI=1S/C18H33N.ClH/c1-17(2)10-6-11-18(3)14(9-12-19(4)5)13-7-8-15(18)16(13)17;/h13-16H,6-12H2,1-5H3;1H/t13-,14+,15-,16+,18-;/m1./s1. The molecule has 20 heavy (non-hydrogen) atoms. The first-order valence-electron chi connectivity index (χ1n) is 8.51. The van der Waals surface area contributed by atoms with Crippen LogP contribution in [0.4, 0.5) is 0 Å². The van der Waals surface area contributed by atoms with E-state index in [1.807, 2.05) is 0 Å². The van der Waals surface area contributed by atoms with Crippen LogP contribution in [-0.4, -0.2) is 25.5 Å². The number of halogens is 1. The lowest BCUT2D eigenvalue weighted by Crippen LogP contribution is -2.35. The summed E-state index contributed by atoms with van der Waals surface area (Å²) in [6.07, 6.45) is 8.96. The fourth-order valence-corrected chi connectivity index (χ4v) is 6.51. The van der Waals surface area contributed by atoms with Crippen LogP contribution in [0.1, 0.15) is 59.3 Å². The van der Waals surface area contributed by atoms with Gasteiger partial charge in [-0.2, -0.15) is 0 Å². The van der Waals surface area contributed by atoms with E-state index in [2.05, 4.69) is 39.8 Å². The molecule has 0 amide bonds. The molecule has 0 aliphatic heterocycles. The molecule has 0 aromatic heterocycles. The normalized spacial score (nSPS) is 45.3. The lowest BCUT2D eigenvalue weighted by Gasteiger charge is -2.42. The molecule has 2 heteroatoms. The maximum Gasteiger partial charge on any atom is -0.00219 e. The average molecular weight is 300 g/mol. The summed E-state index contributed by atoms with van der Waals surface area (Å²) in [7, 11) is 4.47. The Labute approximate surface area is 132 Å². The molecule has 0 radical (unpaired) electrons. The van der Waals surface area contributed by atoms with Gasteiger partial charge >= 0.3 is 0 Å². The van der Waals surface area contributed by atoms with E-state index in [1.165, 1.54) is 45.1 Å². The molecule has 3 aliphatic carbocycles. The van der Waals surface area contributed by atoms with Crippen molar-refractivity contribution in [1.82, 2.24) is 4.90 Å². The zero-order valence-corrected chi connectivity index (χ0v) is 14.9. The third-order valence-electron chi connectivity index (χ3n) is 7.24. The van der Waals surface area contributed by atoms with Gasteiger partial charge in [-0.25, -0.2) is 0 Å². The van der Waals surface area contributed by atoms with Gasteiger partial charge in [-0.1, -0.05) is 27.2 Å². The number of nitrogens with zero attached hydrogens (tertiary/aromatic N) is 1. The average Bonchev–Trinajstić information content (AvgIpc) is 2.78. The van der Waals surface area contributed by atoms with Gasteiger partial charge in [0.1, 0.15) is 0 Å². The van der Waals surface area contributed by atoms with Gasteiger partial charge < -0.3 is 4.90 Å². The monoisotopic (exact) mass is 299 g/mol. The Kier molecular flexibility index (Phi) is 4.54. The van der Waals surface area contributed by atoms with Crippen molar-refractivity contribution in [2.75, 3.05) is 20.6 Å². The molecule has 3 fully saturated rings. The molecule has 0 N–H and O–H groups in total. The Balaban J connectivity index is 0.00000147. The lowest BCUT2D eigenvalue weighted by molar-refractivity contribution is 0.0731. The second kappa shape index (κ2) is 5.47. The lowest BCUT2D eigenvalue weighted by atomic mass is 9.63. The highest BCUT2D eigenvalue weighted by Crippen LogP contribution is 2.71. The SMILES string of the molecule is CN(C)CC[C@H]1[C@H]2CC[C@@H]3[C@H]2C(C)(C)CCC[C@@]31C.Cl. The van der Waals surface area contributed by atoms with Gasteiger partial charge in [0.2, 0.25) is 0 Å². The summed E-state index contributed by atoms with van der Waals surface area (Å²) in [4.78, 5) is 2.39. The molecule has 4 bridgehead atoms. The van der Waals surface area contributed by atoms with Crippen molar-refractivity contribution >= 4 is 12.4 Å². The van der Waals surface area contributed by atoms with Crippen molar-refractivity contribution in [3.05, 3.63) is 0 Å². The highest BCUT2D eigenvalue weighted by molar-refractivity contribution is 5.85. The Bertz CT molecular complexity index is 351. The van der Waals surface area contributed by atoms with Crippen molar-refractivity contribution in [2.24, 2.45) is 34.5 Å². The van der Waals surface area contributed by atoms with Gasteiger partial charge in [0.05, 0.1) is 0 Å². The van der Waals surface area contributed by atoms with E-state index < -0.39 is 0 Å². The summed E-state index contributed by atoms with van der Waals surface area (Å²) in [5, 5.41) is 0. The van der Waals surface area contributed by atoms with Gasteiger partial charge in [0.15, 0.2) is 0 Å². The molecule has 0 unspecified atom stereocenters. The quantitative estimate of drug-likeness (QED) is 0.720. The van der Waals surface area contributed by atoms with Gasteiger partial charge in [0.25, 0.3) is 0 Å². The topological polar surface area (TPSA) is 3.24 Å². The van der Waals surface area contributed by atoms with Crippen LogP contribution in [0.2, 0.25) is 0 Å². The van der Waals surface area contributed by atoms with Crippen molar-refractivity contribution in [2.45, 2.75) is 59.3 Å². The van der Waals surface area contributed by atoms with Gasteiger partial charge in [-0.3, -0.25) is 0 Å². The Morgan fingerprint density at radius 1 is 1.05 bits per heavy atom. The summed E-state index contributed by atoms with van der Waals surface area (Å²) in [6, 6.07) is 0. The predicted molar refractivity (Wildman–Crippen MR) is 89.4 cm³/mol. The van der Waals surface area contributed by atoms with Crippen molar-refractivity contribution in [3.8, 4) is 0 Å². The molecular weight excluding hydrogens is 266 g/mol. The van der Waals surface area contributed by atoms with Crippen LogP contribution in [0.25, 0.3) is 0 Å². The second-order valence-electron chi connectivity index (χ2n) is 8.92. The zero-order chi connectivity index (χ0) is 13.8. The molecule has 3 saturated carbocycles. The van der Waals surface area contributed by atoms with Crippen LogP contribution in [-0.2, 0) is 0 Å². The zero-order valence-electron chi connectivity index (χ0n) is 14.1. The summed E-state index contributed by atoms with van der Waals surface area (Å²) in [5.74, 6) is 4.14. The minimum absolute atomic E-state index is 0. The van der Waals surface area contributed by atoms with E-state index in [4.69, 9.17) is 0 Å². The first-order chi connectivity index (χ1) is 8.86. The Morgan fingerprint density at radius 3 is 2.40 bits per heavy atom. The van der Waals surface area contributed by atoms with E-state index in [0.717, 1.165) is 23.7 Å². The molecule has 0 heterocycles. The third kappa shape index (κ3) is 2.33. The van der Waals surface area contributed by atoms with Gasteiger partial charge in [0, 0.05) is 0 Å². The smallest absolute Gasteiger partial charge is 0.00219 e. The first-order valence-corrected chi connectivity index (χ1v) is 8.51. The number of hydrogen-bond acceptors (Lipinski definition) is 1.